The quantitative estimate of drug-likeness (QED) is 0.530. The number of quaternary nitrogens is 2. The number of para-hydroxylation sites is 1. The molecule has 31 heavy (non-hydrogen) atoms. The monoisotopic (exact) mass is 428 g/mol. The summed E-state index contributed by atoms with van der Waals surface area (Å²) < 4.78 is 10.9. The van der Waals surface area contributed by atoms with Crippen LogP contribution in [0, 0.1) is 0 Å². The zero-order valence-corrected chi connectivity index (χ0v) is 19.2. The van der Waals surface area contributed by atoms with Gasteiger partial charge in [0.15, 0.2) is 18.0 Å². The molecule has 3 rings (SSSR count). The van der Waals surface area contributed by atoms with E-state index in [4.69, 9.17) is 9.47 Å². The van der Waals surface area contributed by atoms with Crippen LogP contribution in [0.1, 0.15) is 12.5 Å². The highest BCUT2D eigenvalue weighted by molar-refractivity contribution is 5.91. The molecule has 1 saturated heterocycles. The number of anilines is 2. The first kappa shape index (κ1) is 22.9. The Morgan fingerprint density at radius 2 is 1.81 bits per heavy atom. The van der Waals surface area contributed by atoms with E-state index in [1.807, 2.05) is 37.4 Å². The van der Waals surface area contributed by atoms with Gasteiger partial charge in [0.05, 0.1) is 59.6 Å². The molecule has 0 aliphatic carbocycles. The summed E-state index contributed by atoms with van der Waals surface area (Å²) in [5.41, 5.74) is 3.07. The van der Waals surface area contributed by atoms with E-state index >= 15 is 0 Å². The number of carbonyl (C=O) groups excluding carboxylic acids is 1. The Morgan fingerprint density at radius 3 is 2.42 bits per heavy atom. The number of nitrogens with zero attached hydrogens (tertiary/aromatic N) is 1. The maximum atomic E-state index is 12.5. The molecule has 2 aromatic carbocycles. The van der Waals surface area contributed by atoms with Crippen LogP contribution in [0.2, 0.25) is 0 Å². The normalized spacial score (nSPS) is 15.4. The number of ether oxygens (including phenoxy) is 2. The van der Waals surface area contributed by atoms with Gasteiger partial charge in [-0.2, -0.15) is 0 Å². The fourth-order valence-corrected chi connectivity index (χ4v) is 4.15. The van der Waals surface area contributed by atoms with E-state index in [0.717, 1.165) is 35.0 Å². The van der Waals surface area contributed by atoms with Gasteiger partial charge in [0.25, 0.3) is 5.91 Å². The third-order valence-electron chi connectivity index (χ3n) is 5.93. The lowest BCUT2D eigenvalue weighted by Gasteiger charge is -2.33. The summed E-state index contributed by atoms with van der Waals surface area (Å²) in [6.07, 6.45) is 0. The molecular formula is C24H36N4O3+2. The van der Waals surface area contributed by atoms with Crippen molar-refractivity contribution >= 4 is 17.3 Å². The lowest BCUT2D eigenvalue weighted by molar-refractivity contribution is -0.898. The predicted molar refractivity (Wildman–Crippen MR) is 124 cm³/mol. The van der Waals surface area contributed by atoms with Crippen LogP contribution in [0.25, 0.3) is 0 Å². The van der Waals surface area contributed by atoms with Gasteiger partial charge in [0.1, 0.15) is 6.54 Å². The summed E-state index contributed by atoms with van der Waals surface area (Å²) in [6.45, 7) is 8.99. The second-order valence-electron chi connectivity index (χ2n) is 8.15. The molecule has 0 radical (unpaired) electrons. The Balaban J connectivity index is 1.51. The van der Waals surface area contributed by atoms with Gasteiger partial charge in [-0.05, 0) is 43.3 Å². The molecule has 0 saturated carbocycles. The molecule has 0 aromatic heterocycles. The van der Waals surface area contributed by atoms with Crippen molar-refractivity contribution in [3.63, 3.8) is 0 Å². The Labute approximate surface area is 185 Å². The molecule has 1 fully saturated rings. The van der Waals surface area contributed by atoms with Crippen LogP contribution in [0.15, 0.2) is 42.5 Å². The van der Waals surface area contributed by atoms with Crippen molar-refractivity contribution in [3.05, 3.63) is 48.0 Å². The Bertz CT molecular complexity index is 848. The molecule has 7 nitrogen and oxygen atoms in total. The van der Waals surface area contributed by atoms with Gasteiger partial charge >= 0.3 is 0 Å². The zero-order valence-electron chi connectivity index (χ0n) is 19.2. The first-order chi connectivity index (χ1) is 15.0. The van der Waals surface area contributed by atoms with Crippen LogP contribution in [0.4, 0.5) is 11.4 Å². The largest absolute Gasteiger partial charge is 0.493 e. The van der Waals surface area contributed by atoms with E-state index in [1.165, 1.54) is 25.3 Å². The maximum absolute atomic E-state index is 12.5. The second kappa shape index (κ2) is 11.0. The number of benzene rings is 2. The van der Waals surface area contributed by atoms with Crippen LogP contribution in [0.5, 0.6) is 11.5 Å². The highest BCUT2D eigenvalue weighted by Crippen LogP contribution is 2.30. The van der Waals surface area contributed by atoms with E-state index in [2.05, 4.69) is 29.3 Å². The zero-order chi connectivity index (χ0) is 22.2. The lowest BCUT2D eigenvalue weighted by Crippen LogP contribution is -3.14. The Hall–Kier alpha value is -2.77. The van der Waals surface area contributed by atoms with Gasteiger partial charge in [-0.3, -0.25) is 4.79 Å². The van der Waals surface area contributed by atoms with Gasteiger partial charge < -0.3 is 29.5 Å². The van der Waals surface area contributed by atoms with Crippen molar-refractivity contribution in [3.8, 4) is 11.5 Å². The molecule has 1 unspecified atom stereocenters. The number of hydrogen-bond acceptors (Lipinski definition) is 4. The van der Waals surface area contributed by atoms with Crippen molar-refractivity contribution in [2.24, 2.45) is 0 Å². The first-order valence-corrected chi connectivity index (χ1v) is 11.0. The fraction of sp³-hybridized carbons (Fsp3) is 0.458. The molecule has 7 heteroatoms. The second-order valence-corrected chi connectivity index (χ2v) is 8.15. The minimum absolute atomic E-state index is 0.00715. The average Bonchev–Trinajstić information content (AvgIpc) is 2.79. The third kappa shape index (κ3) is 6.12. The fourth-order valence-electron chi connectivity index (χ4n) is 4.15. The topological polar surface area (TPSA) is 59.7 Å². The number of piperazine rings is 1. The molecule has 1 aliphatic rings. The molecule has 1 amide bonds. The van der Waals surface area contributed by atoms with Crippen LogP contribution < -0.4 is 29.5 Å². The Morgan fingerprint density at radius 1 is 1.10 bits per heavy atom. The van der Waals surface area contributed by atoms with Gasteiger partial charge in [-0.25, -0.2) is 0 Å². The molecule has 2 aromatic rings. The average molecular weight is 429 g/mol. The molecule has 0 bridgehead atoms. The van der Waals surface area contributed by atoms with Crippen molar-refractivity contribution in [1.82, 2.24) is 0 Å². The van der Waals surface area contributed by atoms with Crippen molar-refractivity contribution < 1.29 is 24.1 Å². The summed E-state index contributed by atoms with van der Waals surface area (Å²) in [5, 5.41) is 3.02. The number of nitrogens with one attached hydrogen (secondary N) is 3. The SMILES string of the molecule is CC[NH+]1CCN(c2ccc(NC(=O)C[NH+](C)Cc3cccc(OC)c3OC)cc2)CC1. The number of likely N-dealkylation sites (N-methyl/N-ethyl adjacent to an activating group) is 2. The molecular weight excluding hydrogens is 392 g/mol. The van der Waals surface area contributed by atoms with E-state index in [9.17, 15) is 4.79 Å². The van der Waals surface area contributed by atoms with E-state index in [0.29, 0.717) is 18.8 Å². The smallest absolute Gasteiger partial charge is 0.279 e. The third-order valence-corrected chi connectivity index (χ3v) is 5.93. The van der Waals surface area contributed by atoms with Crippen LogP contribution in [-0.2, 0) is 11.3 Å². The summed E-state index contributed by atoms with van der Waals surface area (Å²) in [6, 6.07) is 14.0. The summed E-state index contributed by atoms with van der Waals surface area (Å²) in [5.74, 6) is 1.42. The summed E-state index contributed by atoms with van der Waals surface area (Å²) >= 11 is 0. The molecule has 0 spiro atoms. The Kier molecular flexibility index (Phi) is 8.14. The molecule has 168 valence electrons. The van der Waals surface area contributed by atoms with Gasteiger partial charge in [0.2, 0.25) is 0 Å². The summed E-state index contributed by atoms with van der Waals surface area (Å²) in [7, 11) is 5.26. The number of rotatable bonds is 9. The lowest BCUT2D eigenvalue weighted by atomic mass is 10.1. The molecule has 1 atom stereocenters. The predicted octanol–water partition coefficient (Wildman–Crippen LogP) is 0.0820. The minimum atomic E-state index is -0.00715. The van der Waals surface area contributed by atoms with Crippen molar-refractivity contribution in [2.75, 3.05) is 70.8 Å². The van der Waals surface area contributed by atoms with Crippen molar-refractivity contribution in [1.29, 1.82) is 0 Å². The highest BCUT2D eigenvalue weighted by Gasteiger charge is 2.19. The van der Waals surface area contributed by atoms with Crippen LogP contribution in [0.3, 0.4) is 0 Å². The number of hydrogen-bond donors (Lipinski definition) is 3. The van der Waals surface area contributed by atoms with Crippen LogP contribution in [-0.4, -0.2) is 66.4 Å². The van der Waals surface area contributed by atoms with E-state index in [1.54, 1.807) is 19.1 Å². The van der Waals surface area contributed by atoms with E-state index < -0.39 is 0 Å². The first-order valence-electron chi connectivity index (χ1n) is 11.0. The maximum Gasteiger partial charge on any atom is 0.279 e. The van der Waals surface area contributed by atoms with Gasteiger partial charge in [0, 0.05) is 11.4 Å². The van der Waals surface area contributed by atoms with Gasteiger partial charge in [-0.15, -0.1) is 0 Å². The number of amides is 1. The number of methoxy groups -OCH3 is 2. The minimum Gasteiger partial charge on any atom is -0.493 e. The van der Waals surface area contributed by atoms with Crippen molar-refractivity contribution in [2.45, 2.75) is 13.5 Å². The standard InChI is InChI=1S/C24H34N4O3/c1-5-27-13-15-28(16-14-27)21-11-9-20(10-12-21)25-23(29)18-26(2)17-19-7-6-8-22(30-3)24(19)31-4/h6-12H,5,13-18H2,1-4H3,(H,25,29)/p+2. The number of carbonyl (C=O) groups is 1. The summed E-state index contributed by atoms with van der Waals surface area (Å²) in [4.78, 5) is 17.7. The molecule has 1 heterocycles. The van der Waals surface area contributed by atoms with E-state index in [-0.39, 0.29) is 5.91 Å². The molecule has 3 N–H and O–H groups in total. The van der Waals surface area contributed by atoms with Gasteiger partial charge in [-0.1, -0.05) is 6.07 Å². The highest BCUT2D eigenvalue weighted by atomic mass is 16.5. The van der Waals surface area contributed by atoms with Crippen LogP contribution >= 0.6 is 0 Å². The molecule has 1 aliphatic heterocycles.